The van der Waals surface area contributed by atoms with Crippen molar-refractivity contribution < 1.29 is 4.52 Å². The summed E-state index contributed by atoms with van der Waals surface area (Å²) in [6, 6.07) is 16.2. The Morgan fingerprint density at radius 3 is 2.42 bits per heavy atom. The quantitative estimate of drug-likeness (QED) is 0.692. The number of nitriles is 1. The number of aromatic nitrogens is 1. The van der Waals surface area contributed by atoms with E-state index < -0.39 is 0 Å². The predicted molar refractivity (Wildman–Crippen MR) is 102 cm³/mol. The van der Waals surface area contributed by atoms with Crippen LogP contribution >= 0.6 is 11.3 Å². The van der Waals surface area contributed by atoms with Crippen molar-refractivity contribution >= 4 is 11.3 Å². The van der Waals surface area contributed by atoms with Crippen LogP contribution in [0.25, 0.3) is 10.6 Å². The third-order valence-electron chi connectivity index (χ3n) is 4.66. The molecule has 5 nitrogen and oxygen atoms in total. The molecule has 0 aliphatic carbocycles. The maximum Gasteiger partial charge on any atom is 0.177 e. The molecule has 6 heteroatoms. The second-order valence-electron chi connectivity index (χ2n) is 6.52. The Kier molecular flexibility index (Phi) is 5.12. The first-order valence-corrected chi connectivity index (χ1v) is 9.61. The minimum absolute atomic E-state index is 0.716. The highest BCUT2D eigenvalue weighted by molar-refractivity contribution is 7.13. The average Bonchev–Trinajstić information content (AvgIpc) is 3.36. The largest absolute Gasteiger partial charge is 0.355 e. The van der Waals surface area contributed by atoms with E-state index in [2.05, 4.69) is 33.2 Å². The summed E-state index contributed by atoms with van der Waals surface area (Å²) in [5, 5.41) is 15.1. The first kappa shape index (κ1) is 17.0. The third kappa shape index (κ3) is 4.02. The zero-order chi connectivity index (χ0) is 17.8. The molecule has 1 aliphatic heterocycles. The molecule has 4 rings (SSSR count). The highest BCUT2D eigenvalue weighted by Gasteiger charge is 2.18. The van der Waals surface area contributed by atoms with Crippen molar-refractivity contribution in [2.45, 2.75) is 13.1 Å². The Balaban J connectivity index is 1.27. The van der Waals surface area contributed by atoms with Gasteiger partial charge in [-0.15, -0.1) is 11.3 Å². The zero-order valence-electron chi connectivity index (χ0n) is 14.5. The molecular weight excluding hydrogens is 344 g/mol. The van der Waals surface area contributed by atoms with Crippen LogP contribution in [0.2, 0.25) is 0 Å². The van der Waals surface area contributed by atoms with Gasteiger partial charge in [-0.25, -0.2) is 0 Å². The lowest BCUT2D eigenvalue weighted by Crippen LogP contribution is -2.45. The van der Waals surface area contributed by atoms with Gasteiger partial charge in [-0.1, -0.05) is 23.4 Å². The number of hydrogen-bond acceptors (Lipinski definition) is 6. The lowest BCUT2D eigenvalue weighted by Gasteiger charge is -2.34. The molecule has 0 N–H and O–H groups in total. The molecule has 1 fully saturated rings. The molecule has 2 aromatic heterocycles. The Hall–Kier alpha value is -2.46. The standard InChI is InChI=1S/C20H20N4OS/c21-13-16-3-5-17(6-4-16)14-23-7-9-24(10-8-23)15-18-12-19(25-22-18)20-2-1-11-26-20/h1-6,11-12H,7-10,14-15H2. The summed E-state index contributed by atoms with van der Waals surface area (Å²) in [4.78, 5) is 6.00. The summed E-state index contributed by atoms with van der Waals surface area (Å²) >= 11 is 1.67. The number of piperazine rings is 1. The monoisotopic (exact) mass is 364 g/mol. The summed E-state index contributed by atoms with van der Waals surface area (Å²) in [6.07, 6.45) is 0. The van der Waals surface area contributed by atoms with Crippen LogP contribution in [0, 0.1) is 11.3 Å². The molecule has 0 radical (unpaired) electrons. The van der Waals surface area contributed by atoms with Crippen LogP contribution in [-0.4, -0.2) is 41.1 Å². The van der Waals surface area contributed by atoms with E-state index in [9.17, 15) is 0 Å². The van der Waals surface area contributed by atoms with Gasteiger partial charge in [-0.2, -0.15) is 5.26 Å². The highest BCUT2D eigenvalue weighted by atomic mass is 32.1. The van der Waals surface area contributed by atoms with Crippen LogP contribution in [-0.2, 0) is 13.1 Å². The summed E-state index contributed by atoms with van der Waals surface area (Å²) in [5.41, 5.74) is 2.97. The van der Waals surface area contributed by atoms with Crippen molar-refractivity contribution in [1.82, 2.24) is 15.0 Å². The molecule has 132 valence electrons. The average molecular weight is 364 g/mol. The van der Waals surface area contributed by atoms with E-state index in [1.807, 2.05) is 35.7 Å². The molecule has 3 heterocycles. The minimum Gasteiger partial charge on any atom is -0.355 e. The molecular formula is C20H20N4OS. The van der Waals surface area contributed by atoms with E-state index in [4.69, 9.17) is 9.78 Å². The predicted octanol–water partition coefficient (Wildman–Crippen LogP) is 3.59. The molecule has 0 amide bonds. The molecule has 0 bridgehead atoms. The van der Waals surface area contributed by atoms with Crippen LogP contribution in [0.4, 0.5) is 0 Å². The second-order valence-corrected chi connectivity index (χ2v) is 7.47. The topological polar surface area (TPSA) is 56.3 Å². The van der Waals surface area contributed by atoms with Gasteiger partial charge in [-0.05, 0) is 29.1 Å². The summed E-state index contributed by atoms with van der Waals surface area (Å²) in [5.74, 6) is 0.856. The van der Waals surface area contributed by atoms with Crippen molar-refractivity contribution in [3.63, 3.8) is 0 Å². The molecule has 0 unspecified atom stereocenters. The van der Waals surface area contributed by atoms with Crippen molar-refractivity contribution in [1.29, 1.82) is 5.26 Å². The highest BCUT2D eigenvalue weighted by Crippen LogP contribution is 2.25. The van der Waals surface area contributed by atoms with Gasteiger partial charge in [0.1, 0.15) is 0 Å². The summed E-state index contributed by atoms with van der Waals surface area (Å²) in [7, 11) is 0. The molecule has 0 saturated carbocycles. The maximum atomic E-state index is 8.88. The Morgan fingerprint density at radius 2 is 1.77 bits per heavy atom. The molecule has 0 spiro atoms. The molecule has 26 heavy (non-hydrogen) atoms. The first-order chi connectivity index (χ1) is 12.8. The maximum absolute atomic E-state index is 8.88. The van der Waals surface area contributed by atoms with Crippen LogP contribution < -0.4 is 0 Å². The van der Waals surface area contributed by atoms with Gasteiger partial charge in [0.05, 0.1) is 22.2 Å². The fourth-order valence-electron chi connectivity index (χ4n) is 3.20. The fourth-order valence-corrected chi connectivity index (χ4v) is 3.87. The van der Waals surface area contributed by atoms with Crippen LogP contribution in [0.15, 0.2) is 52.4 Å². The van der Waals surface area contributed by atoms with Crippen LogP contribution in [0.3, 0.4) is 0 Å². The third-order valence-corrected chi connectivity index (χ3v) is 5.55. The van der Waals surface area contributed by atoms with Gasteiger partial charge < -0.3 is 4.52 Å². The SMILES string of the molecule is N#Cc1ccc(CN2CCN(Cc3cc(-c4cccs4)on3)CC2)cc1. The lowest BCUT2D eigenvalue weighted by molar-refractivity contribution is 0.120. The summed E-state index contributed by atoms with van der Waals surface area (Å²) in [6.45, 7) is 5.89. The fraction of sp³-hybridized carbons (Fsp3) is 0.300. The van der Waals surface area contributed by atoms with Gasteiger partial charge in [0.2, 0.25) is 0 Å². The lowest BCUT2D eigenvalue weighted by atomic mass is 10.1. The Morgan fingerprint density at radius 1 is 1.04 bits per heavy atom. The number of benzene rings is 1. The number of thiophene rings is 1. The first-order valence-electron chi connectivity index (χ1n) is 8.73. The van der Waals surface area contributed by atoms with E-state index in [1.165, 1.54) is 5.56 Å². The van der Waals surface area contributed by atoms with Crippen molar-refractivity contribution in [2.24, 2.45) is 0 Å². The van der Waals surface area contributed by atoms with Gasteiger partial charge in [0, 0.05) is 45.3 Å². The van der Waals surface area contributed by atoms with Gasteiger partial charge >= 0.3 is 0 Å². The molecule has 1 aliphatic rings. The van der Waals surface area contributed by atoms with Gasteiger partial charge in [0.25, 0.3) is 0 Å². The minimum atomic E-state index is 0.716. The molecule has 0 atom stereocenters. The zero-order valence-corrected chi connectivity index (χ0v) is 15.3. The summed E-state index contributed by atoms with van der Waals surface area (Å²) < 4.78 is 5.47. The number of nitrogens with zero attached hydrogens (tertiary/aromatic N) is 4. The van der Waals surface area contributed by atoms with Crippen LogP contribution in [0.5, 0.6) is 0 Å². The smallest absolute Gasteiger partial charge is 0.177 e. The Bertz CT molecular complexity index is 871. The Labute approximate surface area is 157 Å². The van der Waals surface area contributed by atoms with Gasteiger partial charge in [-0.3, -0.25) is 9.80 Å². The van der Waals surface area contributed by atoms with Crippen molar-refractivity contribution in [3.8, 4) is 16.7 Å². The van der Waals surface area contributed by atoms with E-state index in [1.54, 1.807) is 11.3 Å². The van der Waals surface area contributed by atoms with E-state index in [0.717, 1.165) is 55.6 Å². The van der Waals surface area contributed by atoms with E-state index in [0.29, 0.717) is 5.56 Å². The number of rotatable bonds is 5. The molecule has 1 saturated heterocycles. The molecule has 1 aromatic carbocycles. The van der Waals surface area contributed by atoms with E-state index in [-0.39, 0.29) is 0 Å². The van der Waals surface area contributed by atoms with Crippen molar-refractivity contribution in [3.05, 3.63) is 64.7 Å². The van der Waals surface area contributed by atoms with Crippen molar-refractivity contribution in [2.75, 3.05) is 26.2 Å². The number of hydrogen-bond donors (Lipinski definition) is 0. The second kappa shape index (κ2) is 7.83. The normalized spacial score (nSPS) is 15.8. The van der Waals surface area contributed by atoms with E-state index >= 15 is 0 Å². The van der Waals surface area contributed by atoms with Crippen LogP contribution in [0.1, 0.15) is 16.8 Å². The van der Waals surface area contributed by atoms with Gasteiger partial charge in [0.15, 0.2) is 5.76 Å². The molecule has 3 aromatic rings.